The minimum Gasteiger partial charge on any atom is -0.394 e. The second-order valence-corrected chi connectivity index (χ2v) is 6.88. The maximum Gasteiger partial charge on any atom is 0.185 e. The summed E-state index contributed by atoms with van der Waals surface area (Å²) in [5.41, 5.74) is 0. The third-order valence-electron chi connectivity index (χ3n) is 3.42. The van der Waals surface area contributed by atoms with Gasteiger partial charge in [-0.2, -0.15) is 0 Å². The summed E-state index contributed by atoms with van der Waals surface area (Å²) in [6, 6.07) is 0. The number of hydrogen-bond donors (Lipinski definition) is 1. The number of nitrogens with zero attached hydrogens (tertiary/aromatic N) is 1. The molecular formula is C16H31NO6S2. The van der Waals surface area contributed by atoms with Gasteiger partial charge >= 0.3 is 0 Å². The molecule has 1 rings (SSSR count). The van der Waals surface area contributed by atoms with Crippen LogP contribution >= 0.6 is 24.0 Å². The summed E-state index contributed by atoms with van der Waals surface area (Å²) in [5.74, 6) is 0.826. The smallest absolute Gasteiger partial charge is 0.185 e. The quantitative estimate of drug-likeness (QED) is 0.234. The van der Waals surface area contributed by atoms with E-state index in [2.05, 4.69) is 18.7 Å². The topological polar surface area (TPSA) is 72.9 Å². The van der Waals surface area contributed by atoms with Crippen molar-refractivity contribution in [2.45, 2.75) is 26.2 Å². The molecule has 0 amide bonds. The van der Waals surface area contributed by atoms with Crippen LogP contribution in [0.2, 0.25) is 0 Å². The molecule has 1 saturated heterocycles. The second kappa shape index (κ2) is 15.1. The van der Waals surface area contributed by atoms with Crippen LogP contribution in [-0.2, 0) is 23.7 Å². The molecule has 1 heterocycles. The fourth-order valence-electron chi connectivity index (χ4n) is 1.95. The van der Waals surface area contributed by atoms with Crippen molar-refractivity contribution in [3.8, 4) is 0 Å². The van der Waals surface area contributed by atoms with Crippen molar-refractivity contribution < 1.29 is 28.8 Å². The number of hydrogen-bond acceptors (Lipinski definition) is 8. The number of rotatable bonds is 16. The summed E-state index contributed by atoms with van der Waals surface area (Å²) in [6.07, 6.45) is -0.00343. The van der Waals surface area contributed by atoms with Crippen LogP contribution in [0.3, 0.4) is 0 Å². The summed E-state index contributed by atoms with van der Waals surface area (Å²) in [5, 5.41) is 8.53. The first-order valence-corrected chi connectivity index (χ1v) is 10.1. The highest BCUT2D eigenvalue weighted by atomic mass is 32.2. The second-order valence-electron chi connectivity index (χ2n) is 5.22. The van der Waals surface area contributed by atoms with E-state index in [1.165, 1.54) is 0 Å². The van der Waals surface area contributed by atoms with Gasteiger partial charge in [-0.25, -0.2) is 0 Å². The Labute approximate surface area is 160 Å². The predicted octanol–water partition coefficient (Wildman–Crippen LogP) is 1.13. The first-order chi connectivity index (χ1) is 12.2. The van der Waals surface area contributed by atoms with E-state index in [0.29, 0.717) is 46.2 Å². The monoisotopic (exact) mass is 397 g/mol. The van der Waals surface area contributed by atoms with Gasteiger partial charge in [0.15, 0.2) is 6.29 Å². The molecule has 0 bridgehead atoms. The van der Waals surface area contributed by atoms with Crippen LogP contribution in [0.5, 0.6) is 0 Å². The van der Waals surface area contributed by atoms with Crippen molar-refractivity contribution in [3.05, 3.63) is 0 Å². The lowest BCUT2D eigenvalue weighted by molar-refractivity contribution is -0.0198. The zero-order valence-electron chi connectivity index (χ0n) is 15.2. The molecule has 0 aliphatic carbocycles. The van der Waals surface area contributed by atoms with Crippen molar-refractivity contribution >= 4 is 28.3 Å². The Balaban J connectivity index is 1.84. The van der Waals surface area contributed by atoms with Gasteiger partial charge in [-0.05, 0) is 13.8 Å². The SMILES string of the molecule is CCN(CC)C(=S)SCC1OC1OCCOCCOCCOCCO. The standard InChI is InChI=1S/C16H31NO6S2/c1-3-17(4-2)16(24)25-13-14-15(23-14)22-12-11-21-10-9-20-8-7-19-6-5-18/h14-15,18H,3-13H2,1-2H3. The highest BCUT2D eigenvalue weighted by Crippen LogP contribution is 2.27. The molecule has 7 nitrogen and oxygen atoms in total. The average Bonchev–Trinajstić information content (AvgIpc) is 3.37. The number of aliphatic hydroxyl groups is 1. The molecule has 1 aliphatic rings. The molecule has 0 aromatic rings. The molecule has 0 saturated carbocycles. The fraction of sp³-hybridized carbons (Fsp3) is 0.938. The van der Waals surface area contributed by atoms with Crippen molar-refractivity contribution in [2.24, 2.45) is 0 Å². The van der Waals surface area contributed by atoms with Gasteiger partial charge in [0.25, 0.3) is 0 Å². The van der Waals surface area contributed by atoms with Crippen LogP contribution in [0.4, 0.5) is 0 Å². The van der Waals surface area contributed by atoms with Crippen molar-refractivity contribution in [3.63, 3.8) is 0 Å². The number of aliphatic hydroxyl groups excluding tert-OH is 1. The first-order valence-electron chi connectivity index (χ1n) is 8.75. The van der Waals surface area contributed by atoms with Crippen LogP contribution in [0.25, 0.3) is 0 Å². The van der Waals surface area contributed by atoms with Gasteiger partial charge in [-0.1, -0.05) is 24.0 Å². The maximum atomic E-state index is 8.53. The minimum absolute atomic E-state index is 0.0377. The lowest BCUT2D eigenvalue weighted by Gasteiger charge is -2.20. The summed E-state index contributed by atoms with van der Waals surface area (Å²) in [6.45, 7) is 9.51. The Morgan fingerprint density at radius 1 is 1.00 bits per heavy atom. The maximum absolute atomic E-state index is 8.53. The van der Waals surface area contributed by atoms with E-state index in [1.54, 1.807) is 11.8 Å². The van der Waals surface area contributed by atoms with Crippen LogP contribution in [0, 0.1) is 0 Å². The fourth-order valence-corrected chi connectivity index (χ4v) is 3.39. The summed E-state index contributed by atoms with van der Waals surface area (Å²) < 4.78 is 27.8. The molecule has 1 fully saturated rings. The number of epoxide rings is 1. The molecule has 2 atom stereocenters. The molecule has 0 aromatic heterocycles. The summed E-state index contributed by atoms with van der Waals surface area (Å²) >= 11 is 7.03. The zero-order valence-corrected chi connectivity index (χ0v) is 16.8. The van der Waals surface area contributed by atoms with E-state index in [1.807, 2.05) is 0 Å². The number of ether oxygens (including phenoxy) is 5. The van der Waals surface area contributed by atoms with Gasteiger partial charge in [-0.3, -0.25) is 0 Å². The van der Waals surface area contributed by atoms with E-state index in [0.717, 1.165) is 23.2 Å². The van der Waals surface area contributed by atoms with Gasteiger partial charge in [-0.15, -0.1) is 0 Å². The van der Waals surface area contributed by atoms with Gasteiger partial charge in [0, 0.05) is 18.8 Å². The molecule has 0 radical (unpaired) electrons. The van der Waals surface area contributed by atoms with Crippen LogP contribution in [0.1, 0.15) is 13.8 Å². The van der Waals surface area contributed by atoms with Gasteiger partial charge in [0.05, 0.1) is 52.9 Å². The molecule has 9 heteroatoms. The lowest BCUT2D eigenvalue weighted by Crippen LogP contribution is -2.27. The molecular weight excluding hydrogens is 366 g/mol. The third kappa shape index (κ3) is 11.3. The number of thiocarbonyl (C=S) groups is 1. The van der Waals surface area contributed by atoms with Gasteiger partial charge < -0.3 is 33.7 Å². The van der Waals surface area contributed by atoms with E-state index in [9.17, 15) is 0 Å². The van der Waals surface area contributed by atoms with Gasteiger partial charge in [0.2, 0.25) is 0 Å². The lowest BCUT2D eigenvalue weighted by atomic mass is 10.5. The Kier molecular flexibility index (Phi) is 13.9. The highest BCUT2D eigenvalue weighted by Gasteiger charge is 2.40. The van der Waals surface area contributed by atoms with Gasteiger partial charge in [0.1, 0.15) is 10.4 Å². The van der Waals surface area contributed by atoms with E-state index >= 15 is 0 Å². The van der Waals surface area contributed by atoms with E-state index in [-0.39, 0.29) is 19.0 Å². The average molecular weight is 398 g/mol. The summed E-state index contributed by atoms with van der Waals surface area (Å²) in [4.78, 5) is 2.16. The van der Waals surface area contributed by atoms with E-state index in [4.69, 9.17) is 41.0 Å². The van der Waals surface area contributed by atoms with Crippen LogP contribution < -0.4 is 0 Å². The highest BCUT2D eigenvalue weighted by molar-refractivity contribution is 8.22. The predicted molar refractivity (Wildman–Crippen MR) is 102 cm³/mol. The van der Waals surface area contributed by atoms with Crippen molar-refractivity contribution in [1.29, 1.82) is 0 Å². The third-order valence-corrected chi connectivity index (χ3v) is 5.03. The Bertz CT molecular complexity index is 347. The number of thioether (sulfide) groups is 1. The van der Waals surface area contributed by atoms with Crippen LogP contribution in [-0.4, -0.2) is 98.4 Å². The molecule has 25 heavy (non-hydrogen) atoms. The van der Waals surface area contributed by atoms with Crippen molar-refractivity contribution in [2.75, 3.05) is 71.7 Å². The first kappa shape index (κ1) is 23.0. The normalized spacial score (nSPS) is 19.2. The zero-order chi connectivity index (χ0) is 18.3. The Morgan fingerprint density at radius 3 is 2.12 bits per heavy atom. The largest absolute Gasteiger partial charge is 0.394 e. The van der Waals surface area contributed by atoms with E-state index < -0.39 is 0 Å². The molecule has 0 spiro atoms. The Morgan fingerprint density at radius 2 is 1.56 bits per heavy atom. The molecule has 1 N–H and O–H groups in total. The summed E-state index contributed by atoms with van der Waals surface area (Å²) in [7, 11) is 0. The molecule has 148 valence electrons. The molecule has 0 aromatic carbocycles. The minimum atomic E-state index is -0.129. The molecule has 2 unspecified atom stereocenters. The van der Waals surface area contributed by atoms with Crippen LogP contribution in [0.15, 0.2) is 0 Å². The van der Waals surface area contributed by atoms with Crippen molar-refractivity contribution in [1.82, 2.24) is 4.90 Å². The molecule has 1 aliphatic heterocycles. The Hall–Kier alpha value is -0.0000000000000000694.